The van der Waals surface area contributed by atoms with Gasteiger partial charge in [0.15, 0.2) is 0 Å². The Morgan fingerprint density at radius 2 is 1.58 bits per heavy atom. The van der Waals surface area contributed by atoms with Gasteiger partial charge in [0.05, 0.1) is 0 Å². The van der Waals surface area contributed by atoms with Crippen molar-refractivity contribution in [2.45, 2.75) is 47.0 Å². The van der Waals surface area contributed by atoms with E-state index >= 15 is 0 Å². The number of hydrogen-bond donors (Lipinski definition) is 1. The third-order valence-corrected chi connectivity index (χ3v) is 4.09. The highest BCUT2D eigenvalue weighted by atomic mass is 16.2. The lowest BCUT2D eigenvalue weighted by atomic mass is 10.2. The van der Waals surface area contributed by atoms with Gasteiger partial charge < -0.3 is 15.1 Å². The lowest BCUT2D eigenvalue weighted by molar-refractivity contribution is -0.121. The maximum absolute atomic E-state index is 11.9. The highest BCUT2D eigenvalue weighted by molar-refractivity contribution is 5.91. The Kier molecular flexibility index (Phi) is 8.90. The van der Waals surface area contributed by atoms with E-state index in [2.05, 4.69) is 31.0 Å². The van der Waals surface area contributed by atoms with E-state index in [0.717, 1.165) is 37.3 Å². The molecule has 0 aliphatic carbocycles. The number of hydrogen-bond acceptors (Lipinski definition) is 3. The lowest BCUT2D eigenvalue weighted by Gasteiger charge is -2.24. The second-order valence-electron chi connectivity index (χ2n) is 5.81. The van der Waals surface area contributed by atoms with Crippen LogP contribution in [0.1, 0.15) is 47.0 Å². The average molecular weight is 333 g/mol. The Hall–Kier alpha value is -2.04. The van der Waals surface area contributed by atoms with Crippen molar-refractivity contribution in [1.29, 1.82) is 0 Å². The molecule has 24 heavy (non-hydrogen) atoms. The molecule has 0 radical (unpaired) electrons. The summed E-state index contributed by atoms with van der Waals surface area (Å²) in [4.78, 5) is 27.5. The molecule has 0 saturated carbocycles. The van der Waals surface area contributed by atoms with E-state index in [-0.39, 0.29) is 11.8 Å². The Morgan fingerprint density at radius 3 is 2.08 bits per heavy atom. The molecule has 0 heterocycles. The third-order valence-electron chi connectivity index (χ3n) is 4.09. The van der Waals surface area contributed by atoms with E-state index in [9.17, 15) is 9.59 Å². The van der Waals surface area contributed by atoms with Crippen LogP contribution in [0.25, 0.3) is 0 Å². The van der Waals surface area contributed by atoms with Crippen LogP contribution in [0.2, 0.25) is 0 Å². The smallest absolute Gasteiger partial charge is 0.223 e. The molecule has 0 atom stereocenters. The minimum absolute atomic E-state index is 0.0200. The summed E-state index contributed by atoms with van der Waals surface area (Å²) in [6.07, 6.45) is 2.45. The van der Waals surface area contributed by atoms with Gasteiger partial charge in [0.25, 0.3) is 0 Å². The minimum Gasteiger partial charge on any atom is -0.372 e. The number of carbonyl (C=O) groups is 2. The van der Waals surface area contributed by atoms with Crippen LogP contribution in [0.4, 0.5) is 11.4 Å². The van der Waals surface area contributed by atoms with E-state index in [1.807, 2.05) is 24.3 Å². The van der Waals surface area contributed by atoms with Gasteiger partial charge in [-0.2, -0.15) is 0 Å². The van der Waals surface area contributed by atoms with E-state index in [4.69, 9.17) is 0 Å². The number of rotatable bonds is 10. The first kappa shape index (κ1) is 20.0. The van der Waals surface area contributed by atoms with Crippen LogP contribution in [0.3, 0.4) is 0 Å². The normalized spacial score (nSPS) is 10.3. The summed E-state index contributed by atoms with van der Waals surface area (Å²) in [5, 5.41) is 2.88. The number of benzene rings is 1. The van der Waals surface area contributed by atoms with E-state index in [1.54, 1.807) is 11.8 Å². The fourth-order valence-electron chi connectivity index (χ4n) is 2.63. The largest absolute Gasteiger partial charge is 0.372 e. The molecule has 0 fully saturated rings. The molecule has 134 valence electrons. The zero-order valence-corrected chi connectivity index (χ0v) is 15.5. The number of anilines is 2. The second kappa shape index (κ2) is 10.7. The summed E-state index contributed by atoms with van der Waals surface area (Å²) in [6.45, 7) is 10.7. The molecule has 1 aromatic carbocycles. The van der Waals surface area contributed by atoms with Gasteiger partial charge in [-0.3, -0.25) is 9.59 Å². The van der Waals surface area contributed by atoms with Crippen molar-refractivity contribution in [3.05, 3.63) is 24.3 Å². The molecule has 1 N–H and O–H groups in total. The van der Waals surface area contributed by atoms with Crippen LogP contribution in [0.5, 0.6) is 0 Å². The molecule has 0 bridgehead atoms. The van der Waals surface area contributed by atoms with Gasteiger partial charge in [0.1, 0.15) is 0 Å². The summed E-state index contributed by atoms with van der Waals surface area (Å²) in [6, 6.07) is 8.01. The van der Waals surface area contributed by atoms with Gasteiger partial charge in [0, 0.05) is 50.9 Å². The molecule has 1 aromatic rings. The van der Waals surface area contributed by atoms with Crippen LogP contribution in [0, 0.1) is 0 Å². The maximum atomic E-state index is 11.9. The Morgan fingerprint density at radius 1 is 1.00 bits per heavy atom. The van der Waals surface area contributed by atoms with Crippen molar-refractivity contribution in [2.75, 3.05) is 36.0 Å². The molecule has 0 aromatic heterocycles. The first-order valence-electron chi connectivity index (χ1n) is 8.93. The summed E-state index contributed by atoms with van der Waals surface area (Å²) in [5.41, 5.74) is 2.02. The number of nitrogens with zero attached hydrogens (tertiary/aromatic N) is 2. The highest BCUT2D eigenvalue weighted by Crippen LogP contribution is 2.20. The second-order valence-corrected chi connectivity index (χ2v) is 5.81. The van der Waals surface area contributed by atoms with E-state index < -0.39 is 0 Å². The first-order chi connectivity index (χ1) is 11.5. The molecule has 0 spiro atoms. The number of carbonyl (C=O) groups excluding carboxylic acids is 2. The molecule has 0 unspecified atom stereocenters. The predicted octanol–water partition coefficient (Wildman–Crippen LogP) is 3.19. The zero-order valence-electron chi connectivity index (χ0n) is 15.5. The van der Waals surface area contributed by atoms with Crippen LogP contribution in [-0.2, 0) is 9.59 Å². The van der Waals surface area contributed by atoms with Gasteiger partial charge >= 0.3 is 0 Å². The quantitative estimate of drug-likeness (QED) is 0.715. The molecular formula is C19H31N3O2. The maximum Gasteiger partial charge on any atom is 0.223 e. The molecule has 0 saturated heterocycles. The topological polar surface area (TPSA) is 52.7 Å². The lowest BCUT2D eigenvalue weighted by Crippen LogP contribution is -2.37. The standard InChI is InChI=1S/C19H31N3O2/c1-5-8-9-19(24)20-14-15-22(16(4)23)18-12-10-17(11-13-18)21(6-2)7-3/h10-13H,5-9,14-15H2,1-4H3,(H,20,24). The van der Waals surface area contributed by atoms with Crippen molar-refractivity contribution >= 4 is 23.2 Å². The molecule has 5 nitrogen and oxygen atoms in total. The van der Waals surface area contributed by atoms with Crippen molar-refractivity contribution in [3.8, 4) is 0 Å². The van der Waals surface area contributed by atoms with Gasteiger partial charge in [0.2, 0.25) is 11.8 Å². The predicted molar refractivity (Wildman–Crippen MR) is 101 cm³/mol. The zero-order chi connectivity index (χ0) is 17.9. The Labute approximate surface area is 146 Å². The summed E-state index contributed by atoms with van der Waals surface area (Å²) < 4.78 is 0. The van der Waals surface area contributed by atoms with E-state index in [0.29, 0.717) is 19.5 Å². The van der Waals surface area contributed by atoms with Crippen LogP contribution in [-0.4, -0.2) is 38.0 Å². The van der Waals surface area contributed by atoms with Gasteiger partial charge in [-0.1, -0.05) is 13.3 Å². The molecule has 1 rings (SSSR count). The monoisotopic (exact) mass is 333 g/mol. The minimum atomic E-state index is -0.0200. The molecule has 0 aliphatic rings. The van der Waals surface area contributed by atoms with E-state index in [1.165, 1.54) is 0 Å². The molecule has 2 amide bonds. The van der Waals surface area contributed by atoms with Crippen molar-refractivity contribution in [2.24, 2.45) is 0 Å². The number of nitrogens with one attached hydrogen (secondary N) is 1. The number of unbranched alkanes of at least 4 members (excludes halogenated alkanes) is 1. The Bertz CT molecular complexity index is 510. The van der Waals surface area contributed by atoms with Gasteiger partial charge in [-0.05, 0) is 44.5 Å². The molecular weight excluding hydrogens is 302 g/mol. The van der Waals surface area contributed by atoms with Crippen LogP contribution < -0.4 is 15.1 Å². The first-order valence-corrected chi connectivity index (χ1v) is 8.93. The summed E-state index contributed by atoms with van der Waals surface area (Å²) in [7, 11) is 0. The van der Waals surface area contributed by atoms with Crippen molar-refractivity contribution in [3.63, 3.8) is 0 Å². The average Bonchev–Trinajstić information content (AvgIpc) is 2.58. The van der Waals surface area contributed by atoms with Crippen molar-refractivity contribution in [1.82, 2.24) is 5.32 Å². The summed E-state index contributed by atoms with van der Waals surface area (Å²) in [5.74, 6) is 0.0330. The molecule has 5 heteroatoms. The van der Waals surface area contributed by atoms with Crippen molar-refractivity contribution < 1.29 is 9.59 Å². The van der Waals surface area contributed by atoms with Crippen LogP contribution in [0.15, 0.2) is 24.3 Å². The fraction of sp³-hybridized carbons (Fsp3) is 0.579. The SMILES string of the molecule is CCCCC(=O)NCCN(C(C)=O)c1ccc(N(CC)CC)cc1. The summed E-state index contributed by atoms with van der Waals surface area (Å²) >= 11 is 0. The fourth-order valence-corrected chi connectivity index (χ4v) is 2.63. The molecule has 0 aliphatic heterocycles. The van der Waals surface area contributed by atoms with Crippen LogP contribution >= 0.6 is 0 Å². The number of amides is 2. The highest BCUT2D eigenvalue weighted by Gasteiger charge is 2.12. The van der Waals surface area contributed by atoms with Gasteiger partial charge in [-0.15, -0.1) is 0 Å². The van der Waals surface area contributed by atoms with Gasteiger partial charge in [-0.25, -0.2) is 0 Å². The Balaban J connectivity index is 2.65. The third kappa shape index (κ3) is 6.22.